The summed E-state index contributed by atoms with van der Waals surface area (Å²) in [6, 6.07) is 0.887. The van der Waals surface area contributed by atoms with Crippen LogP contribution in [-0.2, 0) is 18.1 Å². The van der Waals surface area contributed by atoms with Crippen LogP contribution in [0, 0.1) is 11.8 Å². The van der Waals surface area contributed by atoms with Crippen molar-refractivity contribution < 1.29 is 18.1 Å². The average Bonchev–Trinajstić information content (AvgIpc) is 2.53. The van der Waals surface area contributed by atoms with Crippen LogP contribution in [0.2, 0.25) is 6.04 Å². The van der Waals surface area contributed by atoms with Gasteiger partial charge in [-0.2, -0.15) is 12.6 Å². The van der Waals surface area contributed by atoms with Gasteiger partial charge in [0, 0.05) is 37.5 Å². The van der Waals surface area contributed by atoms with E-state index in [0.29, 0.717) is 37.3 Å². The topological polar surface area (TPSA) is 44.8 Å². The zero-order valence-corrected chi connectivity index (χ0v) is 16.2. The van der Waals surface area contributed by atoms with E-state index < -0.39 is 8.80 Å². The van der Waals surface area contributed by atoms with Crippen molar-refractivity contribution in [1.29, 1.82) is 0 Å². The summed E-state index contributed by atoms with van der Waals surface area (Å²) in [5.41, 5.74) is 0. The monoisotopic (exact) mass is 348 g/mol. The molecule has 1 aliphatic carbocycles. The van der Waals surface area contributed by atoms with Crippen LogP contribution in [0.4, 0.5) is 0 Å². The normalized spacial score (nSPS) is 22.7. The first-order valence-corrected chi connectivity index (χ1v) is 11.2. The number of rotatable bonds is 11. The standard InChI is InChI=1S/C16H32O4SSi/c1-4-18-22(19-5-2,20-6-3)12-11-14-7-9-15(10-8-14)16(17)13-21/h14-15,21H,4-13H2,1-3H3. The molecule has 0 saturated heterocycles. The van der Waals surface area contributed by atoms with Crippen molar-refractivity contribution in [3.63, 3.8) is 0 Å². The van der Waals surface area contributed by atoms with Crippen LogP contribution in [0.15, 0.2) is 0 Å². The first-order valence-electron chi connectivity index (χ1n) is 8.66. The molecule has 0 unspecified atom stereocenters. The highest BCUT2D eigenvalue weighted by Crippen LogP contribution is 2.34. The fourth-order valence-corrected chi connectivity index (χ4v) is 6.31. The highest BCUT2D eigenvalue weighted by molar-refractivity contribution is 7.81. The molecule has 1 saturated carbocycles. The molecule has 4 nitrogen and oxygen atoms in total. The average molecular weight is 349 g/mol. The van der Waals surface area contributed by atoms with E-state index in [9.17, 15) is 4.79 Å². The molecule has 6 heteroatoms. The second kappa shape index (κ2) is 10.8. The molecule has 1 rings (SSSR count). The molecule has 1 aliphatic rings. The molecule has 0 heterocycles. The Bertz CT molecular complexity index is 302. The second-order valence-electron chi connectivity index (χ2n) is 5.86. The summed E-state index contributed by atoms with van der Waals surface area (Å²) in [5.74, 6) is 1.59. The van der Waals surface area contributed by atoms with Gasteiger partial charge in [0.25, 0.3) is 0 Å². The molecule has 0 aromatic carbocycles. The summed E-state index contributed by atoms with van der Waals surface area (Å²) in [5, 5.41) is 0. The van der Waals surface area contributed by atoms with Gasteiger partial charge >= 0.3 is 8.80 Å². The summed E-state index contributed by atoms with van der Waals surface area (Å²) < 4.78 is 17.7. The van der Waals surface area contributed by atoms with Crippen LogP contribution in [0.25, 0.3) is 0 Å². The van der Waals surface area contributed by atoms with Crippen LogP contribution in [0.1, 0.15) is 52.9 Å². The Hall–Kier alpha value is 0.117. The maximum Gasteiger partial charge on any atom is 0.500 e. The lowest BCUT2D eigenvalue weighted by Gasteiger charge is -2.32. The predicted octanol–water partition coefficient (Wildman–Crippen LogP) is 3.73. The molecule has 0 amide bonds. The van der Waals surface area contributed by atoms with Gasteiger partial charge < -0.3 is 13.3 Å². The van der Waals surface area contributed by atoms with Gasteiger partial charge in [-0.15, -0.1) is 0 Å². The zero-order valence-electron chi connectivity index (χ0n) is 14.3. The van der Waals surface area contributed by atoms with Gasteiger partial charge in [0.15, 0.2) is 0 Å². The van der Waals surface area contributed by atoms with Gasteiger partial charge in [-0.1, -0.05) is 0 Å². The van der Waals surface area contributed by atoms with Gasteiger partial charge in [-0.3, -0.25) is 4.79 Å². The van der Waals surface area contributed by atoms with E-state index in [1.165, 1.54) is 0 Å². The van der Waals surface area contributed by atoms with Crippen LogP contribution >= 0.6 is 12.6 Å². The van der Waals surface area contributed by atoms with Gasteiger partial charge in [0.1, 0.15) is 5.78 Å². The number of hydrogen-bond acceptors (Lipinski definition) is 5. The van der Waals surface area contributed by atoms with Gasteiger partial charge in [-0.25, -0.2) is 0 Å². The SMILES string of the molecule is CCO[Si](CCC1CCC(C(=O)CS)CC1)(OCC)OCC. The van der Waals surface area contributed by atoms with E-state index in [-0.39, 0.29) is 5.92 Å². The molecule has 130 valence electrons. The third kappa shape index (κ3) is 6.32. The summed E-state index contributed by atoms with van der Waals surface area (Å²) >= 11 is 4.10. The number of hydrogen-bond donors (Lipinski definition) is 1. The Morgan fingerprint density at radius 1 is 1.00 bits per heavy atom. The van der Waals surface area contributed by atoms with E-state index in [4.69, 9.17) is 13.3 Å². The summed E-state index contributed by atoms with van der Waals surface area (Å²) in [7, 11) is -2.50. The second-order valence-corrected chi connectivity index (χ2v) is 8.91. The maximum absolute atomic E-state index is 11.7. The van der Waals surface area contributed by atoms with Gasteiger partial charge in [-0.05, 0) is 58.8 Å². The highest BCUT2D eigenvalue weighted by atomic mass is 32.1. The van der Waals surface area contributed by atoms with E-state index in [0.717, 1.165) is 38.1 Å². The molecule has 0 radical (unpaired) electrons. The van der Waals surface area contributed by atoms with Crippen LogP contribution in [0.5, 0.6) is 0 Å². The highest BCUT2D eigenvalue weighted by Gasteiger charge is 2.41. The van der Waals surface area contributed by atoms with E-state index >= 15 is 0 Å². The van der Waals surface area contributed by atoms with Crippen molar-refractivity contribution >= 4 is 27.2 Å². The smallest absolute Gasteiger partial charge is 0.374 e. The first-order chi connectivity index (χ1) is 10.6. The number of Topliss-reactive ketones (excluding diaryl/α,β-unsaturated/α-hetero) is 1. The molecule has 0 aromatic rings. The van der Waals surface area contributed by atoms with Gasteiger partial charge in [0.05, 0.1) is 0 Å². The largest absolute Gasteiger partial charge is 0.500 e. The number of carbonyl (C=O) groups is 1. The number of carbonyl (C=O) groups excluding carboxylic acids is 1. The zero-order chi connectivity index (χ0) is 16.4. The molecule has 0 aliphatic heterocycles. The minimum atomic E-state index is -2.50. The van der Waals surface area contributed by atoms with Crippen molar-refractivity contribution in [3.05, 3.63) is 0 Å². The number of thiol groups is 1. The Balaban J connectivity index is 2.46. The Labute approximate surface area is 142 Å². The third-order valence-electron chi connectivity index (χ3n) is 4.41. The Morgan fingerprint density at radius 3 is 1.91 bits per heavy atom. The molecular formula is C16H32O4SSi. The molecule has 0 spiro atoms. The fourth-order valence-electron chi connectivity index (χ4n) is 3.28. The molecule has 1 fully saturated rings. The lowest BCUT2D eigenvalue weighted by Crippen LogP contribution is -2.46. The van der Waals surface area contributed by atoms with E-state index in [1.54, 1.807) is 0 Å². The Kier molecular flexibility index (Phi) is 9.91. The fraction of sp³-hybridized carbons (Fsp3) is 0.938. The lowest BCUT2D eigenvalue weighted by molar-refractivity contribution is -0.121. The molecular weight excluding hydrogens is 316 g/mol. The molecule has 22 heavy (non-hydrogen) atoms. The van der Waals surface area contributed by atoms with Crippen LogP contribution in [0.3, 0.4) is 0 Å². The van der Waals surface area contributed by atoms with Crippen LogP contribution in [-0.4, -0.2) is 40.2 Å². The Morgan fingerprint density at radius 2 is 1.50 bits per heavy atom. The van der Waals surface area contributed by atoms with E-state index in [1.807, 2.05) is 20.8 Å². The maximum atomic E-state index is 11.7. The quantitative estimate of drug-likeness (QED) is 0.456. The molecule has 0 bridgehead atoms. The summed E-state index contributed by atoms with van der Waals surface area (Å²) in [6.45, 7) is 7.89. The minimum absolute atomic E-state index is 0.237. The molecule has 0 atom stereocenters. The predicted molar refractivity (Wildman–Crippen MR) is 94.4 cm³/mol. The van der Waals surface area contributed by atoms with Crippen LogP contribution < -0.4 is 0 Å². The third-order valence-corrected chi connectivity index (χ3v) is 7.81. The van der Waals surface area contributed by atoms with Crippen molar-refractivity contribution in [2.24, 2.45) is 11.8 Å². The van der Waals surface area contributed by atoms with Crippen molar-refractivity contribution in [2.45, 2.75) is 58.9 Å². The first kappa shape index (κ1) is 20.2. The molecule has 0 N–H and O–H groups in total. The molecule has 0 aromatic heterocycles. The van der Waals surface area contributed by atoms with Crippen molar-refractivity contribution in [2.75, 3.05) is 25.6 Å². The minimum Gasteiger partial charge on any atom is -0.374 e. The lowest BCUT2D eigenvalue weighted by atomic mass is 9.79. The van der Waals surface area contributed by atoms with Crippen molar-refractivity contribution in [1.82, 2.24) is 0 Å². The number of ketones is 1. The van der Waals surface area contributed by atoms with Crippen molar-refractivity contribution in [3.8, 4) is 0 Å². The van der Waals surface area contributed by atoms with E-state index in [2.05, 4.69) is 12.6 Å². The summed E-state index contributed by atoms with van der Waals surface area (Å²) in [6.07, 6.45) is 5.35. The van der Waals surface area contributed by atoms with Gasteiger partial charge in [0.2, 0.25) is 0 Å². The summed E-state index contributed by atoms with van der Waals surface area (Å²) in [4.78, 5) is 11.7.